The summed E-state index contributed by atoms with van der Waals surface area (Å²) in [5, 5.41) is 17.5. The van der Waals surface area contributed by atoms with E-state index in [2.05, 4.69) is 27.3 Å². The molecule has 2 aromatic rings. The molecular formula is C22H31BN4O2. The van der Waals surface area contributed by atoms with Crippen LogP contribution in [0.2, 0.25) is 5.82 Å². The van der Waals surface area contributed by atoms with Gasteiger partial charge in [-0.25, -0.2) is 0 Å². The molecule has 3 fully saturated rings. The maximum absolute atomic E-state index is 6.32. The van der Waals surface area contributed by atoms with E-state index >= 15 is 0 Å². The molecule has 0 saturated heterocycles. The van der Waals surface area contributed by atoms with Crippen LogP contribution in [0.25, 0.3) is 0 Å². The second-order valence-electron chi connectivity index (χ2n) is 9.81. The first kappa shape index (κ1) is 19.3. The highest BCUT2D eigenvalue weighted by molar-refractivity contribution is 6.11. The van der Waals surface area contributed by atoms with E-state index in [-0.39, 0.29) is 5.82 Å². The lowest BCUT2D eigenvalue weighted by atomic mass is 9.61. The lowest BCUT2D eigenvalue weighted by Crippen LogP contribution is -2.35. The molecule has 7 unspecified atom stereocenters. The van der Waals surface area contributed by atoms with Crippen molar-refractivity contribution in [1.82, 2.24) is 20.4 Å². The van der Waals surface area contributed by atoms with Gasteiger partial charge < -0.3 is 8.83 Å². The average molecular weight is 394 g/mol. The molecule has 3 aliphatic carbocycles. The first-order chi connectivity index (χ1) is 14.1. The van der Waals surface area contributed by atoms with Crippen LogP contribution < -0.4 is 0 Å². The number of nitrogens with zero attached hydrogens (tertiary/aromatic N) is 4. The minimum atomic E-state index is 0.245. The molecule has 0 aromatic carbocycles. The van der Waals surface area contributed by atoms with Gasteiger partial charge in [0.05, 0.1) is 7.85 Å². The maximum Gasteiger partial charge on any atom is 0.219 e. The van der Waals surface area contributed by atoms with Crippen LogP contribution in [0.3, 0.4) is 0 Å². The zero-order chi connectivity index (χ0) is 20.0. The van der Waals surface area contributed by atoms with Crippen molar-refractivity contribution >= 4 is 7.85 Å². The Balaban J connectivity index is 1.36. The van der Waals surface area contributed by atoms with E-state index in [9.17, 15) is 0 Å². The predicted molar refractivity (Wildman–Crippen MR) is 109 cm³/mol. The summed E-state index contributed by atoms with van der Waals surface area (Å²) in [4.78, 5) is 0. The fraction of sp³-hybridized carbons (Fsp3) is 0.818. The monoisotopic (exact) mass is 394 g/mol. The van der Waals surface area contributed by atoms with E-state index in [4.69, 9.17) is 16.7 Å². The van der Waals surface area contributed by atoms with Gasteiger partial charge >= 0.3 is 0 Å². The number of hydrogen-bond donors (Lipinski definition) is 0. The van der Waals surface area contributed by atoms with Gasteiger partial charge in [-0.3, -0.25) is 0 Å². The second-order valence-corrected chi connectivity index (χ2v) is 9.81. The molecule has 3 saturated carbocycles. The van der Waals surface area contributed by atoms with E-state index in [1.807, 2.05) is 6.92 Å². The number of rotatable bonds is 3. The normalized spacial score (nSPS) is 37.9. The van der Waals surface area contributed by atoms with Crippen molar-refractivity contribution in [3.05, 3.63) is 23.6 Å². The minimum absolute atomic E-state index is 0.245. The molecule has 2 heterocycles. The Morgan fingerprint density at radius 3 is 2.00 bits per heavy atom. The van der Waals surface area contributed by atoms with Gasteiger partial charge in [-0.05, 0) is 56.3 Å². The molecule has 3 aliphatic rings. The molecule has 6 nitrogen and oxygen atoms in total. The lowest BCUT2D eigenvalue weighted by Gasteiger charge is -2.43. The fourth-order valence-electron chi connectivity index (χ4n) is 6.47. The number of aromatic nitrogens is 4. The Morgan fingerprint density at radius 2 is 1.38 bits per heavy atom. The highest BCUT2D eigenvalue weighted by atomic mass is 16.4. The van der Waals surface area contributed by atoms with Crippen molar-refractivity contribution in [3.8, 4) is 0 Å². The molecule has 154 valence electrons. The Labute approximate surface area is 174 Å². The van der Waals surface area contributed by atoms with Gasteiger partial charge in [0.2, 0.25) is 23.6 Å². The molecule has 7 heteroatoms. The van der Waals surface area contributed by atoms with Gasteiger partial charge in [0.25, 0.3) is 0 Å². The number of aryl methyl sites for hydroxylation is 1. The minimum Gasteiger partial charge on any atom is -0.425 e. The molecular weight excluding hydrogens is 363 g/mol. The third kappa shape index (κ3) is 3.77. The summed E-state index contributed by atoms with van der Waals surface area (Å²) in [6.07, 6.45) is 10.3. The van der Waals surface area contributed by atoms with Crippen molar-refractivity contribution < 1.29 is 8.83 Å². The summed E-state index contributed by atoms with van der Waals surface area (Å²) in [6.45, 7) is 4.15. The molecule has 0 aliphatic heterocycles. The Kier molecular flexibility index (Phi) is 5.25. The largest absolute Gasteiger partial charge is 0.425 e. The topological polar surface area (TPSA) is 77.8 Å². The van der Waals surface area contributed by atoms with Crippen LogP contribution in [0.5, 0.6) is 0 Å². The first-order valence-corrected chi connectivity index (χ1v) is 11.5. The zero-order valence-electron chi connectivity index (χ0n) is 17.6. The second kappa shape index (κ2) is 7.88. The van der Waals surface area contributed by atoms with E-state index in [1.54, 1.807) is 0 Å². The average Bonchev–Trinajstić information content (AvgIpc) is 3.36. The van der Waals surface area contributed by atoms with Crippen LogP contribution in [0.15, 0.2) is 8.83 Å². The van der Waals surface area contributed by atoms with E-state index in [0.717, 1.165) is 49.8 Å². The van der Waals surface area contributed by atoms with Crippen LogP contribution in [-0.2, 0) is 0 Å². The number of fused-ring (bicyclic) bond motifs is 1. The van der Waals surface area contributed by atoms with Crippen molar-refractivity contribution in [2.45, 2.75) is 95.2 Å². The molecule has 0 N–H and O–H groups in total. The van der Waals surface area contributed by atoms with Crippen LogP contribution in [0.4, 0.5) is 0 Å². The molecule has 2 aromatic heterocycles. The van der Waals surface area contributed by atoms with E-state index in [1.165, 1.54) is 25.7 Å². The Hall–Kier alpha value is -1.66. The Bertz CT molecular complexity index is 826. The molecule has 29 heavy (non-hydrogen) atoms. The molecule has 0 amide bonds. The Morgan fingerprint density at radius 1 is 0.759 bits per heavy atom. The van der Waals surface area contributed by atoms with Crippen molar-refractivity contribution in [2.75, 3.05) is 0 Å². The van der Waals surface area contributed by atoms with Gasteiger partial charge in [0, 0.05) is 24.7 Å². The maximum atomic E-state index is 6.32. The van der Waals surface area contributed by atoms with Crippen LogP contribution in [0.1, 0.15) is 106 Å². The highest BCUT2D eigenvalue weighted by Crippen LogP contribution is 2.53. The third-order valence-corrected chi connectivity index (χ3v) is 7.66. The summed E-state index contributed by atoms with van der Waals surface area (Å²) < 4.78 is 12.2. The lowest BCUT2D eigenvalue weighted by molar-refractivity contribution is 0.0937. The number of hydrogen-bond acceptors (Lipinski definition) is 6. The predicted octanol–water partition coefficient (Wildman–Crippen LogP) is 5.09. The molecule has 7 atom stereocenters. The zero-order valence-corrected chi connectivity index (χ0v) is 17.6. The molecule has 0 spiro atoms. The SMILES string of the molecule is [B]C1CC(C)CC(c2nnc(C3CCC(c4nnc(C)o4)C4CCCCC34)o2)C1. The van der Waals surface area contributed by atoms with E-state index < -0.39 is 0 Å². The van der Waals surface area contributed by atoms with E-state index in [0.29, 0.717) is 41.4 Å². The molecule has 2 radical (unpaired) electrons. The summed E-state index contributed by atoms with van der Waals surface area (Å²) in [6, 6.07) is 0. The summed E-state index contributed by atoms with van der Waals surface area (Å²) in [5.74, 6) is 6.20. The highest BCUT2D eigenvalue weighted by Gasteiger charge is 2.45. The smallest absolute Gasteiger partial charge is 0.219 e. The quantitative estimate of drug-likeness (QED) is 0.675. The van der Waals surface area contributed by atoms with Gasteiger partial charge in [-0.1, -0.05) is 32.0 Å². The van der Waals surface area contributed by atoms with Crippen molar-refractivity contribution in [1.29, 1.82) is 0 Å². The van der Waals surface area contributed by atoms with Crippen molar-refractivity contribution in [2.24, 2.45) is 17.8 Å². The van der Waals surface area contributed by atoms with Crippen LogP contribution in [-0.4, -0.2) is 28.2 Å². The fourth-order valence-corrected chi connectivity index (χ4v) is 6.47. The summed E-state index contributed by atoms with van der Waals surface area (Å²) in [5.41, 5.74) is 0. The van der Waals surface area contributed by atoms with Gasteiger partial charge in [0.1, 0.15) is 0 Å². The van der Waals surface area contributed by atoms with Crippen LogP contribution in [0, 0.1) is 24.7 Å². The standard InChI is InChI=1S/C22H31BN4O2/c1-12-9-14(11-15(23)10-12)20-25-27-22(29-20)19-8-7-18(21-26-24-13(2)28-21)16-5-3-4-6-17(16)19/h12,14-19H,3-11H2,1-2H3. The molecule has 0 bridgehead atoms. The first-order valence-electron chi connectivity index (χ1n) is 11.5. The van der Waals surface area contributed by atoms with Gasteiger partial charge in [-0.2, -0.15) is 0 Å². The third-order valence-electron chi connectivity index (χ3n) is 7.66. The van der Waals surface area contributed by atoms with Gasteiger partial charge in [0.15, 0.2) is 0 Å². The summed E-state index contributed by atoms with van der Waals surface area (Å²) >= 11 is 0. The molecule has 5 rings (SSSR count). The van der Waals surface area contributed by atoms with Gasteiger partial charge in [-0.15, -0.1) is 20.4 Å². The van der Waals surface area contributed by atoms with Crippen LogP contribution >= 0.6 is 0 Å². The summed E-state index contributed by atoms with van der Waals surface area (Å²) in [7, 11) is 6.25. The van der Waals surface area contributed by atoms with Crippen molar-refractivity contribution in [3.63, 3.8) is 0 Å².